The van der Waals surface area contributed by atoms with E-state index < -0.39 is 0 Å². The van der Waals surface area contributed by atoms with Crippen LogP contribution in [0.2, 0.25) is 0 Å². The summed E-state index contributed by atoms with van der Waals surface area (Å²) < 4.78 is 10.8. The van der Waals surface area contributed by atoms with Gasteiger partial charge in [0.1, 0.15) is 6.33 Å². The molecule has 26 heavy (non-hydrogen) atoms. The van der Waals surface area contributed by atoms with Gasteiger partial charge in [-0.15, -0.1) is 5.10 Å². The van der Waals surface area contributed by atoms with E-state index in [1.165, 1.54) is 0 Å². The van der Waals surface area contributed by atoms with Gasteiger partial charge < -0.3 is 4.74 Å². The lowest BCUT2D eigenvalue weighted by atomic mass is 10.00. The van der Waals surface area contributed by atoms with Crippen LogP contribution in [0.25, 0.3) is 22.4 Å². The zero-order valence-corrected chi connectivity index (χ0v) is 14.5. The number of aromatic nitrogens is 6. The molecule has 1 aromatic carbocycles. The topological polar surface area (TPSA) is 79.2 Å². The fourth-order valence-electron chi connectivity index (χ4n) is 3.79. The Morgan fingerprint density at radius 1 is 1.27 bits per heavy atom. The highest BCUT2D eigenvalue weighted by molar-refractivity contribution is 5.82. The number of para-hydroxylation sites is 1. The Morgan fingerprint density at radius 2 is 2.12 bits per heavy atom. The second kappa shape index (κ2) is 5.50. The van der Waals surface area contributed by atoms with E-state index in [2.05, 4.69) is 22.2 Å². The van der Waals surface area contributed by atoms with Gasteiger partial charge in [-0.25, -0.2) is 4.98 Å². The van der Waals surface area contributed by atoms with Crippen molar-refractivity contribution in [1.82, 2.24) is 28.9 Å². The van der Waals surface area contributed by atoms with E-state index in [9.17, 15) is 4.79 Å². The van der Waals surface area contributed by atoms with Crippen LogP contribution in [0, 0.1) is 0 Å². The van der Waals surface area contributed by atoms with Gasteiger partial charge in [0.15, 0.2) is 11.5 Å². The van der Waals surface area contributed by atoms with Crippen LogP contribution in [0.15, 0.2) is 41.6 Å². The molecule has 1 fully saturated rings. The number of ether oxygens (including phenoxy) is 1. The third-order valence-corrected chi connectivity index (χ3v) is 5.22. The van der Waals surface area contributed by atoms with E-state index in [0.29, 0.717) is 16.9 Å². The summed E-state index contributed by atoms with van der Waals surface area (Å²) in [6.45, 7) is 2.80. The van der Waals surface area contributed by atoms with Crippen LogP contribution in [-0.2, 0) is 11.8 Å². The molecule has 2 unspecified atom stereocenters. The fraction of sp³-hybridized carbons (Fsp3) is 0.333. The average molecular weight is 350 g/mol. The number of fused-ring (bicyclic) bond motifs is 3. The van der Waals surface area contributed by atoms with Gasteiger partial charge in [-0.1, -0.05) is 17.3 Å². The normalized spacial score (nSPS) is 20.4. The summed E-state index contributed by atoms with van der Waals surface area (Å²) >= 11 is 0. The minimum Gasteiger partial charge on any atom is -0.378 e. The van der Waals surface area contributed by atoms with Crippen LogP contribution in [0.1, 0.15) is 25.0 Å². The number of hydrogen-bond donors (Lipinski definition) is 0. The number of imidazole rings is 1. The molecule has 0 aliphatic carbocycles. The summed E-state index contributed by atoms with van der Waals surface area (Å²) in [6.07, 6.45) is 4.67. The third-order valence-electron chi connectivity index (χ3n) is 5.22. The lowest BCUT2D eigenvalue weighted by Crippen LogP contribution is -2.20. The largest absolute Gasteiger partial charge is 0.378 e. The maximum Gasteiger partial charge on any atom is 0.261 e. The van der Waals surface area contributed by atoms with Gasteiger partial charge in [0.25, 0.3) is 5.56 Å². The molecule has 4 heterocycles. The van der Waals surface area contributed by atoms with E-state index >= 15 is 0 Å². The van der Waals surface area contributed by atoms with Gasteiger partial charge in [-0.3, -0.25) is 13.8 Å². The molecular weight excluding hydrogens is 332 g/mol. The van der Waals surface area contributed by atoms with E-state index in [1.807, 2.05) is 34.9 Å². The van der Waals surface area contributed by atoms with Crippen molar-refractivity contribution in [2.75, 3.05) is 6.61 Å². The Bertz CT molecular complexity index is 1190. The van der Waals surface area contributed by atoms with E-state index in [0.717, 1.165) is 24.2 Å². The van der Waals surface area contributed by atoms with E-state index in [1.54, 1.807) is 22.6 Å². The summed E-state index contributed by atoms with van der Waals surface area (Å²) in [5, 5.41) is 9.24. The molecule has 1 saturated heterocycles. The molecule has 0 bridgehead atoms. The number of aryl methyl sites for hydroxylation is 1. The van der Waals surface area contributed by atoms with Crippen molar-refractivity contribution in [3.05, 3.63) is 52.8 Å². The molecule has 0 N–H and O–H groups in total. The molecule has 0 spiro atoms. The molecule has 0 saturated carbocycles. The highest BCUT2D eigenvalue weighted by Crippen LogP contribution is 2.30. The minimum absolute atomic E-state index is 0.0620. The first-order chi connectivity index (χ1) is 12.6. The Morgan fingerprint density at radius 3 is 2.92 bits per heavy atom. The zero-order chi connectivity index (χ0) is 17.8. The van der Waals surface area contributed by atoms with Crippen molar-refractivity contribution in [2.24, 2.45) is 7.05 Å². The lowest BCUT2D eigenvalue weighted by molar-refractivity contribution is 0.118. The van der Waals surface area contributed by atoms with Crippen LogP contribution in [-0.4, -0.2) is 41.7 Å². The Kier molecular flexibility index (Phi) is 3.23. The van der Waals surface area contributed by atoms with Crippen LogP contribution in [0.4, 0.5) is 0 Å². The van der Waals surface area contributed by atoms with Crippen molar-refractivity contribution in [2.45, 2.75) is 25.4 Å². The average Bonchev–Trinajstić information content (AvgIpc) is 3.38. The van der Waals surface area contributed by atoms with Crippen molar-refractivity contribution in [1.29, 1.82) is 0 Å². The number of rotatable bonds is 2. The van der Waals surface area contributed by atoms with Gasteiger partial charge in [-0.2, -0.15) is 4.68 Å². The molecule has 2 atom stereocenters. The van der Waals surface area contributed by atoms with Gasteiger partial charge in [-0.05, 0) is 25.5 Å². The molecule has 1 aliphatic rings. The standard InChI is InChI=1S/C18H18N6O2/c1-11-12(7-8-26-11)14-9-24(21-20-14)16-17-22(2)18(25)13-5-3-4-6-15(13)23(17)10-19-16/h3-6,9-12H,7-8H2,1-2H3. The number of hydrogen-bond acceptors (Lipinski definition) is 5. The minimum atomic E-state index is -0.0620. The monoisotopic (exact) mass is 350 g/mol. The second-order valence-corrected chi connectivity index (χ2v) is 6.70. The van der Waals surface area contributed by atoms with Crippen LogP contribution in [0.3, 0.4) is 0 Å². The van der Waals surface area contributed by atoms with E-state index in [4.69, 9.17) is 4.74 Å². The van der Waals surface area contributed by atoms with Crippen LogP contribution in [0.5, 0.6) is 0 Å². The molecule has 132 valence electrons. The zero-order valence-electron chi connectivity index (χ0n) is 14.5. The van der Waals surface area contributed by atoms with Crippen molar-refractivity contribution in [3.63, 3.8) is 0 Å². The van der Waals surface area contributed by atoms with Gasteiger partial charge in [0, 0.05) is 19.6 Å². The first kappa shape index (κ1) is 15.3. The molecule has 4 aromatic rings. The van der Waals surface area contributed by atoms with Crippen molar-refractivity contribution < 1.29 is 4.74 Å². The molecule has 3 aromatic heterocycles. The third kappa shape index (κ3) is 2.05. The predicted molar refractivity (Wildman–Crippen MR) is 95.6 cm³/mol. The molecule has 8 nitrogen and oxygen atoms in total. The smallest absolute Gasteiger partial charge is 0.261 e. The van der Waals surface area contributed by atoms with Gasteiger partial charge in [0.2, 0.25) is 0 Å². The first-order valence-electron chi connectivity index (χ1n) is 8.64. The van der Waals surface area contributed by atoms with Crippen molar-refractivity contribution in [3.8, 4) is 5.82 Å². The maximum atomic E-state index is 12.7. The molecule has 8 heteroatoms. The summed E-state index contributed by atoms with van der Waals surface area (Å²) in [5.41, 5.74) is 2.33. The Balaban J connectivity index is 1.71. The number of nitrogens with zero attached hydrogens (tertiary/aromatic N) is 6. The first-order valence-corrected chi connectivity index (χ1v) is 8.64. The van der Waals surface area contributed by atoms with Crippen LogP contribution >= 0.6 is 0 Å². The Labute approximate surface area is 148 Å². The maximum absolute atomic E-state index is 12.7. The molecule has 1 aliphatic heterocycles. The summed E-state index contributed by atoms with van der Waals surface area (Å²) in [5.74, 6) is 0.822. The van der Waals surface area contributed by atoms with Crippen molar-refractivity contribution >= 4 is 16.6 Å². The van der Waals surface area contributed by atoms with E-state index in [-0.39, 0.29) is 17.6 Å². The van der Waals surface area contributed by atoms with Gasteiger partial charge >= 0.3 is 0 Å². The molecule has 0 amide bonds. The highest BCUT2D eigenvalue weighted by Gasteiger charge is 2.28. The summed E-state index contributed by atoms with van der Waals surface area (Å²) in [6, 6.07) is 7.52. The van der Waals surface area contributed by atoms with Gasteiger partial charge in [0.05, 0.1) is 28.9 Å². The lowest BCUT2D eigenvalue weighted by Gasteiger charge is -2.09. The SMILES string of the molecule is CC1OCCC1c1cn(-c2ncn3c4ccccc4c(=O)n(C)c23)nn1. The molecule has 0 radical (unpaired) electrons. The predicted octanol–water partition coefficient (Wildman–Crippen LogP) is 1.66. The Hall–Kier alpha value is -3.00. The highest BCUT2D eigenvalue weighted by atomic mass is 16.5. The molecular formula is C18H18N6O2. The quantitative estimate of drug-likeness (QED) is 0.549. The van der Waals surface area contributed by atoms with Crippen LogP contribution < -0.4 is 5.56 Å². The molecule has 5 rings (SSSR count). The fourth-order valence-corrected chi connectivity index (χ4v) is 3.79. The summed E-state index contributed by atoms with van der Waals surface area (Å²) in [7, 11) is 1.75. The summed E-state index contributed by atoms with van der Waals surface area (Å²) in [4.78, 5) is 17.3. The second-order valence-electron chi connectivity index (χ2n) is 6.70. The number of benzene rings is 1.